The van der Waals surface area contributed by atoms with Gasteiger partial charge >= 0.3 is 0 Å². The van der Waals surface area contributed by atoms with Gasteiger partial charge in [0.1, 0.15) is 10.00 Å². The van der Waals surface area contributed by atoms with Gasteiger partial charge in [0.2, 0.25) is 0 Å². The zero-order valence-corrected chi connectivity index (χ0v) is 10.6. The summed E-state index contributed by atoms with van der Waals surface area (Å²) in [4.78, 5) is 5.59. The van der Waals surface area contributed by atoms with Gasteiger partial charge in [-0.25, -0.2) is 4.98 Å². The fourth-order valence-corrected chi connectivity index (χ4v) is 2.36. The minimum Gasteiger partial charge on any atom is -0.389 e. The molecule has 82 valence electrons. The van der Waals surface area contributed by atoms with Crippen molar-refractivity contribution in [2.75, 3.05) is 0 Å². The van der Waals surface area contributed by atoms with E-state index in [0.29, 0.717) is 4.99 Å². The molecule has 16 heavy (non-hydrogen) atoms. The Bertz CT molecular complexity index is 500. The maximum absolute atomic E-state index is 5.55. The number of thiocarbonyl (C=S) groups is 1. The van der Waals surface area contributed by atoms with Gasteiger partial charge in [-0.15, -0.1) is 11.3 Å². The van der Waals surface area contributed by atoms with Crippen LogP contribution in [0, 0.1) is 0 Å². The molecule has 0 fully saturated rings. The van der Waals surface area contributed by atoms with Crippen molar-refractivity contribution in [3.8, 4) is 10.6 Å². The molecular formula is C12H12N2S2. The van der Waals surface area contributed by atoms with E-state index >= 15 is 0 Å². The minimum absolute atomic E-state index is 0.411. The van der Waals surface area contributed by atoms with Gasteiger partial charge in [-0.1, -0.05) is 43.4 Å². The van der Waals surface area contributed by atoms with E-state index in [0.717, 1.165) is 21.9 Å². The van der Waals surface area contributed by atoms with E-state index in [1.807, 2.05) is 0 Å². The highest BCUT2D eigenvalue weighted by Crippen LogP contribution is 2.25. The smallest absolute Gasteiger partial charge is 0.123 e. The standard InChI is InChI=1S/C12H12N2S2/c1-2-8-3-5-9(6-4-8)12-14-7-10(16-12)11(13)15/h3-7H,2H2,1H3,(H2,13,15). The van der Waals surface area contributed by atoms with Gasteiger partial charge < -0.3 is 5.73 Å². The first-order chi connectivity index (χ1) is 7.70. The van der Waals surface area contributed by atoms with Crippen LogP contribution in [-0.4, -0.2) is 9.97 Å². The van der Waals surface area contributed by atoms with Crippen molar-refractivity contribution in [1.82, 2.24) is 4.98 Å². The van der Waals surface area contributed by atoms with Crippen molar-refractivity contribution in [1.29, 1.82) is 0 Å². The third-order valence-corrected chi connectivity index (χ3v) is 3.79. The molecule has 1 aromatic carbocycles. The van der Waals surface area contributed by atoms with Crippen molar-refractivity contribution in [2.24, 2.45) is 5.73 Å². The number of hydrogen-bond acceptors (Lipinski definition) is 3. The molecule has 0 aliphatic carbocycles. The summed E-state index contributed by atoms with van der Waals surface area (Å²) in [6.07, 6.45) is 2.78. The van der Waals surface area contributed by atoms with Crippen LogP contribution >= 0.6 is 23.6 Å². The highest BCUT2D eigenvalue weighted by molar-refractivity contribution is 7.81. The van der Waals surface area contributed by atoms with E-state index in [1.54, 1.807) is 6.20 Å². The van der Waals surface area contributed by atoms with E-state index in [1.165, 1.54) is 16.9 Å². The monoisotopic (exact) mass is 248 g/mol. The number of nitrogens with two attached hydrogens (primary N) is 1. The third kappa shape index (κ3) is 2.28. The zero-order chi connectivity index (χ0) is 11.5. The molecule has 1 aromatic heterocycles. The van der Waals surface area contributed by atoms with Crippen LogP contribution in [0.5, 0.6) is 0 Å². The molecule has 0 spiro atoms. The van der Waals surface area contributed by atoms with E-state index < -0.39 is 0 Å². The largest absolute Gasteiger partial charge is 0.389 e. The molecule has 2 nitrogen and oxygen atoms in total. The van der Waals surface area contributed by atoms with Crippen molar-refractivity contribution in [2.45, 2.75) is 13.3 Å². The number of nitrogens with zero attached hydrogens (tertiary/aromatic N) is 1. The summed E-state index contributed by atoms with van der Waals surface area (Å²) in [7, 11) is 0. The van der Waals surface area contributed by atoms with Gasteiger partial charge in [0.25, 0.3) is 0 Å². The van der Waals surface area contributed by atoms with Gasteiger partial charge in [-0.2, -0.15) is 0 Å². The highest BCUT2D eigenvalue weighted by atomic mass is 32.1. The van der Waals surface area contributed by atoms with Crippen LogP contribution < -0.4 is 5.73 Å². The first-order valence-corrected chi connectivity index (χ1v) is 6.28. The maximum Gasteiger partial charge on any atom is 0.123 e. The lowest BCUT2D eigenvalue weighted by molar-refractivity contribution is 1.14. The average Bonchev–Trinajstić information content (AvgIpc) is 2.78. The summed E-state index contributed by atoms with van der Waals surface area (Å²) in [5.74, 6) is 0. The predicted octanol–water partition coefficient (Wildman–Crippen LogP) is 3.01. The lowest BCUT2D eigenvalue weighted by atomic mass is 10.1. The molecule has 0 saturated carbocycles. The van der Waals surface area contributed by atoms with Crippen molar-refractivity contribution < 1.29 is 0 Å². The van der Waals surface area contributed by atoms with E-state index in [9.17, 15) is 0 Å². The Labute approximate surface area is 104 Å². The van der Waals surface area contributed by atoms with Gasteiger partial charge in [0.05, 0.1) is 4.88 Å². The summed E-state index contributed by atoms with van der Waals surface area (Å²) >= 11 is 6.44. The Morgan fingerprint density at radius 1 is 1.38 bits per heavy atom. The number of thiazole rings is 1. The number of aromatic nitrogens is 1. The molecule has 4 heteroatoms. The molecule has 0 bridgehead atoms. The summed E-state index contributed by atoms with van der Waals surface area (Å²) in [6, 6.07) is 8.41. The molecule has 2 N–H and O–H groups in total. The molecule has 0 atom stereocenters. The Kier molecular flexibility index (Phi) is 3.31. The second kappa shape index (κ2) is 4.72. The summed E-state index contributed by atoms with van der Waals surface area (Å²) in [5.41, 5.74) is 8.00. The fraction of sp³-hybridized carbons (Fsp3) is 0.167. The minimum atomic E-state index is 0.411. The summed E-state index contributed by atoms with van der Waals surface area (Å²) in [6.45, 7) is 2.14. The van der Waals surface area contributed by atoms with Gasteiger partial charge in [0.15, 0.2) is 0 Å². The van der Waals surface area contributed by atoms with Crippen LogP contribution in [0.25, 0.3) is 10.6 Å². The Balaban J connectivity index is 2.31. The molecule has 0 aliphatic rings. The highest BCUT2D eigenvalue weighted by Gasteiger charge is 2.05. The van der Waals surface area contributed by atoms with Gasteiger partial charge in [-0.05, 0) is 12.0 Å². The molecule has 0 amide bonds. The van der Waals surface area contributed by atoms with E-state index in [2.05, 4.69) is 36.2 Å². The summed E-state index contributed by atoms with van der Waals surface area (Å²) in [5, 5.41) is 0.963. The van der Waals surface area contributed by atoms with Crippen molar-refractivity contribution in [3.05, 3.63) is 40.9 Å². The molecule has 0 unspecified atom stereocenters. The zero-order valence-electron chi connectivity index (χ0n) is 8.93. The van der Waals surface area contributed by atoms with Crippen molar-refractivity contribution >= 4 is 28.5 Å². The molecule has 0 aliphatic heterocycles. The normalized spacial score (nSPS) is 10.3. The van der Waals surface area contributed by atoms with Crippen LogP contribution in [0.15, 0.2) is 30.5 Å². The van der Waals surface area contributed by atoms with Crippen LogP contribution in [-0.2, 0) is 6.42 Å². The number of rotatable bonds is 3. The second-order valence-electron chi connectivity index (χ2n) is 3.44. The van der Waals surface area contributed by atoms with Crippen LogP contribution in [0.1, 0.15) is 17.4 Å². The van der Waals surface area contributed by atoms with E-state index in [4.69, 9.17) is 18.0 Å². The first-order valence-electron chi connectivity index (χ1n) is 5.05. The molecule has 2 rings (SSSR count). The lowest BCUT2D eigenvalue weighted by Gasteiger charge is -1.98. The molecule has 2 aromatic rings. The number of benzene rings is 1. The van der Waals surface area contributed by atoms with Crippen LogP contribution in [0.4, 0.5) is 0 Å². The van der Waals surface area contributed by atoms with Gasteiger partial charge in [0, 0.05) is 11.8 Å². The predicted molar refractivity (Wildman–Crippen MR) is 72.8 cm³/mol. The number of aryl methyl sites for hydroxylation is 1. The SMILES string of the molecule is CCc1ccc(-c2ncc(C(N)=S)s2)cc1. The van der Waals surface area contributed by atoms with Crippen LogP contribution in [0.3, 0.4) is 0 Å². The number of hydrogen-bond donors (Lipinski definition) is 1. The third-order valence-electron chi connectivity index (χ3n) is 2.36. The lowest BCUT2D eigenvalue weighted by Crippen LogP contribution is -2.06. The Morgan fingerprint density at radius 3 is 2.56 bits per heavy atom. The molecule has 1 heterocycles. The molecule has 0 radical (unpaired) electrons. The quantitative estimate of drug-likeness (QED) is 0.849. The Hall–Kier alpha value is -1.26. The Morgan fingerprint density at radius 2 is 2.06 bits per heavy atom. The van der Waals surface area contributed by atoms with Crippen LogP contribution in [0.2, 0.25) is 0 Å². The van der Waals surface area contributed by atoms with Gasteiger partial charge in [-0.3, -0.25) is 0 Å². The van der Waals surface area contributed by atoms with E-state index in [-0.39, 0.29) is 0 Å². The fourth-order valence-electron chi connectivity index (χ4n) is 1.40. The topological polar surface area (TPSA) is 38.9 Å². The van der Waals surface area contributed by atoms with Crippen molar-refractivity contribution in [3.63, 3.8) is 0 Å². The molecular weight excluding hydrogens is 236 g/mol. The first kappa shape index (κ1) is 11.2. The molecule has 0 saturated heterocycles. The summed E-state index contributed by atoms with van der Waals surface area (Å²) < 4.78 is 0. The maximum atomic E-state index is 5.55. The second-order valence-corrected chi connectivity index (χ2v) is 4.91. The average molecular weight is 248 g/mol.